The molecular formula is C16H15N3O3S2. The molecule has 0 unspecified atom stereocenters. The van der Waals surface area contributed by atoms with E-state index in [-0.39, 0.29) is 0 Å². The molecule has 24 heavy (non-hydrogen) atoms. The standard InChI is InChI=1S/C16H15N3O3S2/c1-4-22-15(21)12-9(2)19(3)16(24-12)18-13(20)14-17-10-7-5-6-8-11(10)23-14/h5-8H,4H2,1-3H3. The van der Waals surface area contributed by atoms with Crippen molar-refractivity contribution in [3.05, 3.63) is 44.6 Å². The minimum atomic E-state index is -0.413. The fourth-order valence-corrected chi connectivity index (χ4v) is 3.97. The number of nitrogens with zero attached hydrogens (tertiary/aromatic N) is 3. The molecule has 124 valence electrons. The number of carbonyl (C=O) groups excluding carboxylic acids is 2. The lowest BCUT2D eigenvalue weighted by Crippen LogP contribution is -2.14. The first-order chi connectivity index (χ1) is 11.5. The van der Waals surface area contributed by atoms with Crippen LogP contribution < -0.4 is 4.80 Å². The van der Waals surface area contributed by atoms with E-state index in [4.69, 9.17) is 4.74 Å². The average Bonchev–Trinajstić information content (AvgIpc) is 3.12. The van der Waals surface area contributed by atoms with Crippen molar-refractivity contribution in [1.29, 1.82) is 0 Å². The van der Waals surface area contributed by atoms with Crippen molar-refractivity contribution >= 4 is 44.8 Å². The molecule has 0 N–H and O–H groups in total. The fourth-order valence-electron chi connectivity index (χ4n) is 2.11. The summed E-state index contributed by atoms with van der Waals surface area (Å²) < 4.78 is 7.68. The minimum Gasteiger partial charge on any atom is -0.462 e. The first kappa shape index (κ1) is 16.5. The maximum absolute atomic E-state index is 12.4. The van der Waals surface area contributed by atoms with Gasteiger partial charge in [0.25, 0.3) is 0 Å². The number of amides is 1. The normalized spacial score (nSPS) is 11.9. The predicted octanol–water partition coefficient (Wildman–Crippen LogP) is 2.92. The third kappa shape index (κ3) is 3.02. The molecule has 3 aromatic rings. The Balaban J connectivity index is 2.00. The first-order valence-electron chi connectivity index (χ1n) is 7.29. The van der Waals surface area contributed by atoms with Crippen LogP contribution in [0, 0.1) is 6.92 Å². The molecule has 0 aliphatic rings. The van der Waals surface area contributed by atoms with Gasteiger partial charge in [0.15, 0.2) is 9.81 Å². The maximum atomic E-state index is 12.4. The molecule has 0 spiro atoms. The van der Waals surface area contributed by atoms with E-state index >= 15 is 0 Å². The van der Waals surface area contributed by atoms with Crippen LogP contribution >= 0.6 is 22.7 Å². The Kier molecular flexibility index (Phi) is 4.59. The molecule has 0 aliphatic carbocycles. The molecule has 6 nitrogen and oxygen atoms in total. The molecule has 2 heterocycles. The molecule has 0 saturated carbocycles. The maximum Gasteiger partial charge on any atom is 0.350 e. The highest BCUT2D eigenvalue weighted by molar-refractivity contribution is 7.20. The lowest BCUT2D eigenvalue weighted by molar-refractivity contribution is 0.0530. The molecule has 0 bridgehead atoms. The van der Waals surface area contributed by atoms with Crippen LogP contribution in [0.15, 0.2) is 29.3 Å². The van der Waals surface area contributed by atoms with Crippen molar-refractivity contribution in [3.63, 3.8) is 0 Å². The predicted molar refractivity (Wildman–Crippen MR) is 93.5 cm³/mol. The summed E-state index contributed by atoms with van der Waals surface area (Å²) >= 11 is 2.45. The second kappa shape index (κ2) is 6.66. The molecule has 0 aliphatic heterocycles. The largest absolute Gasteiger partial charge is 0.462 e. The zero-order valence-electron chi connectivity index (χ0n) is 13.4. The van der Waals surface area contributed by atoms with E-state index in [1.54, 1.807) is 25.5 Å². The van der Waals surface area contributed by atoms with Gasteiger partial charge in [-0.3, -0.25) is 4.79 Å². The molecular weight excluding hydrogens is 346 g/mol. The quantitative estimate of drug-likeness (QED) is 0.672. The second-order valence-electron chi connectivity index (χ2n) is 4.98. The molecule has 0 saturated heterocycles. The summed E-state index contributed by atoms with van der Waals surface area (Å²) in [5, 5.41) is 0.333. The van der Waals surface area contributed by atoms with Gasteiger partial charge in [0, 0.05) is 12.7 Å². The van der Waals surface area contributed by atoms with E-state index in [1.807, 2.05) is 24.3 Å². The number of esters is 1. The van der Waals surface area contributed by atoms with Gasteiger partial charge in [-0.25, -0.2) is 9.78 Å². The highest BCUT2D eigenvalue weighted by Gasteiger charge is 2.17. The Labute approximate surface area is 146 Å². The van der Waals surface area contributed by atoms with Crippen LogP contribution in [0.25, 0.3) is 10.2 Å². The molecule has 0 fully saturated rings. The molecule has 0 atom stereocenters. The lowest BCUT2D eigenvalue weighted by atomic mass is 10.3. The smallest absolute Gasteiger partial charge is 0.350 e. The topological polar surface area (TPSA) is 73.6 Å². The van der Waals surface area contributed by atoms with Gasteiger partial charge in [0.05, 0.1) is 16.8 Å². The van der Waals surface area contributed by atoms with E-state index in [0.29, 0.717) is 27.0 Å². The third-order valence-electron chi connectivity index (χ3n) is 3.45. The van der Waals surface area contributed by atoms with Crippen molar-refractivity contribution in [2.45, 2.75) is 13.8 Å². The van der Waals surface area contributed by atoms with E-state index in [2.05, 4.69) is 9.98 Å². The number of para-hydroxylation sites is 1. The lowest BCUT2D eigenvalue weighted by Gasteiger charge is -2.00. The highest BCUT2D eigenvalue weighted by atomic mass is 32.1. The molecule has 1 amide bonds. The third-order valence-corrected chi connectivity index (χ3v) is 5.69. The molecule has 0 radical (unpaired) electrons. The summed E-state index contributed by atoms with van der Waals surface area (Å²) in [6.07, 6.45) is 0. The van der Waals surface area contributed by atoms with Gasteiger partial charge in [0.1, 0.15) is 4.88 Å². The van der Waals surface area contributed by atoms with Crippen LogP contribution in [0.5, 0.6) is 0 Å². The van der Waals surface area contributed by atoms with Crippen LogP contribution in [-0.2, 0) is 11.8 Å². The molecule has 2 aromatic heterocycles. The van der Waals surface area contributed by atoms with Crippen LogP contribution in [0.3, 0.4) is 0 Å². The Bertz CT molecular complexity index is 965. The van der Waals surface area contributed by atoms with E-state index in [0.717, 1.165) is 21.6 Å². The monoisotopic (exact) mass is 361 g/mol. The van der Waals surface area contributed by atoms with Crippen molar-refractivity contribution < 1.29 is 14.3 Å². The Morgan fingerprint density at radius 1 is 1.29 bits per heavy atom. The van der Waals surface area contributed by atoms with E-state index in [9.17, 15) is 9.59 Å². The van der Waals surface area contributed by atoms with Gasteiger partial charge in [-0.1, -0.05) is 23.5 Å². The number of carbonyl (C=O) groups is 2. The fraction of sp³-hybridized carbons (Fsp3) is 0.250. The van der Waals surface area contributed by atoms with Crippen LogP contribution in [0.4, 0.5) is 0 Å². The van der Waals surface area contributed by atoms with Gasteiger partial charge in [-0.15, -0.1) is 11.3 Å². The summed E-state index contributed by atoms with van der Waals surface area (Å²) in [6, 6.07) is 7.55. The van der Waals surface area contributed by atoms with E-state index < -0.39 is 11.9 Å². The number of hydrogen-bond acceptors (Lipinski definition) is 6. The number of aromatic nitrogens is 2. The van der Waals surface area contributed by atoms with Gasteiger partial charge in [0.2, 0.25) is 0 Å². The zero-order chi connectivity index (χ0) is 17.3. The van der Waals surface area contributed by atoms with Crippen LogP contribution in [0.2, 0.25) is 0 Å². The zero-order valence-corrected chi connectivity index (χ0v) is 15.0. The second-order valence-corrected chi connectivity index (χ2v) is 6.99. The number of benzene rings is 1. The molecule has 8 heteroatoms. The number of ether oxygens (including phenoxy) is 1. The molecule has 1 aromatic carbocycles. The van der Waals surface area contributed by atoms with Gasteiger partial charge >= 0.3 is 11.9 Å². The van der Waals surface area contributed by atoms with Gasteiger partial charge in [-0.2, -0.15) is 4.99 Å². The summed E-state index contributed by atoms with van der Waals surface area (Å²) in [7, 11) is 1.76. The van der Waals surface area contributed by atoms with Crippen LogP contribution in [0.1, 0.15) is 32.1 Å². The summed E-state index contributed by atoms with van der Waals surface area (Å²) in [6.45, 7) is 3.85. The van der Waals surface area contributed by atoms with E-state index in [1.165, 1.54) is 11.3 Å². The Morgan fingerprint density at radius 2 is 2.04 bits per heavy atom. The highest BCUT2D eigenvalue weighted by Crippen LogP contribution is 2.22. The summed E-state index contributed by atoms with van der Waals surface area (Å²) in [4.78, 5) is 33.7. The van der Waals surface area contributed by atoms with Crippen molar-refractivity contribution in [2.75, 3.05) is 6.61 Å². The number of hydrogen-bond donors (Lipinski definition) is 0. The minimum absolute atomic E-state index is 0.303. The SMILES string of the molecule is CCOC(=O)c1sc(=NC(=O)c2nc3ccccc3s2)n(C)c1C. The number of thiazole rings is 2. The van der Waals surface area contributed by atoms with Crippen LogP contribution in [-0.4, -0.2) is 28.0 Å². The van der Waals surface area contributed by atoms with Gasteiger partial charge < -0.3 is 9.30 Å². The average molecular weight is 361 g/mol. The van der Waals surface area contributed by atoms with Gasteiger partial charge in [-0.05, 0) is 26.0 Å². The summed E-state index contributed by atoms with van der Waals surface area (Å²) in [5.41, 5.74) is 1.49. The summed E-state index contributed by atoms with van der Waals surface area (Å²) in [5.74, 6) is -0.812. The van der Waals surface area contributed by atoms with Crippen molar-refractivity contribution in [1.82, 2.24) is 9.55 Å². The Morgan fingerprint density at radius 3 is 2.75 bits per heavy atom. The number of fused-ring (bicyclic) bond motifs is 1. The Hall–Kier alpha value is -2.32. The van der Waals surface area contributed by atoms with Crippen molar-refractivity contribution in [3.8, 4) is 0 Å². The molecule has 3 rings (SSSR count). The first-order valence-corrected chi connectivity index (χ1v) is 8.92. The van der Waals surface area contributed by atoms with Crippen molar-refractivity contribution in [2.24, 2.45) is 12.0 Å². The number of rotatable bonds is 3.